The summed E-state index contributed by atoms with van der Waals surface area (Å²) in [6, 6.07) is 13.8. The molecule has 4 rings (SSSR count). The number of pyridine rings is 1. The molecule has 164 valence electrons. The van der Waals surface area contributed by atoms with Crippen molar-refractivity contribution in [3.8, 4) is 17.2 Å². The van der Waals surface area contributed by atoms with Crippen molar-refractivity contribution in [2.45, 2.75) is 25.8 Å². The van der Waals surface area contributed by atoms with Crippen LogP contribution in [0, 0.1) is 17.2 Å². The van der Waals surface area contributed by atoms with Gasteiger partial charge in [0.25, 0.3) is 0 Å². The molecule has 1 aliphatic rings. The highest BCUT2D eigenvalue weighted by atomic mass is 32.1. The van der Waals surface area contributed by atoms with E-state index in [1.807, 2.05) is 41.9 Å². The number of nitriles is 1. The van der Waals surface area contributed by atoms with Crippen LogP contribution in [0.25, 0.3) is 11.1 Å². The van der Waals surface area contributed by atoms with Gasteiger partial charge in [-0.3, -0.25) is 0 Å². The number of carbonyl (C=O) groups is 1. The van der Waals surface area contributed by atoms with Gasteiger partial charge in [-0.25, -0.2) is 14.8 Å². The first-order chi connectivity index (χ1) is 15.6. The summed E-state index contributed by atoms with van der Waals surface area (Å²) in [5, 5.41) is 21.3. The van der Waals surface area contributed by atoms with E-state index in [9.17, 15) is 9.90 Å². The second-order valence-electron chi connectivity index (χ2n) is 7.95. The van der Waals surface area contributed by atoms with Crippen molar-refractivity contribution in [3.05, 3.63) is 64.7 Å². The van der Waals surface area contributed by atoms with Gasteiger partial charge >= 0.3 is 6.09 Å². The number of hydrogen-bond donors (Lipinski definition) is 1. The monoisotopic (exact) mass is 447 g/mol. The Balaban J connectivity index is 1.28. The van der Waals surface area contributed by atoms with Gasteiger partial charge in [-0.1, -0.05) is 12.1 Å². The summed E-state index contributed by atoms with van der Waals surface area (Å²) in [6.07, 6.45) is 5.60. The van der Waals surface area contributed by atoms with Crippen LogP contribution in [-0.2, 0) is 6.54 Å². The summed E-state index contributed by atoms with van der Waals surface area (Å²) in [5.74, 6) is 1.47. The highest BCUT2D eigenvalue weighted by Gasteiger charge is 2.22. The van der Waals surface area contributed by atoms with Gasteiger partial charge in [-0.15, -0.1) is 11.3 Å². The Kier molecular flexibility index (Phi) is 6.97. The predicted octanol–water partition coefficient (Wildman–Crippen LogP) is 4.86. The summed E-state index contributed by atoms with van der Waals surface area (Å²) in [5.41, 5.74) is 2.62. The van der Waals surface area contributed by atoms with Crippen LogP contribution in [0.5, 0.6) is 0 Å². The van der Waals surface area contributed by atoms with E-state index in [-0.39, 0.29) is 0 Å². The zero-order valence-corrected chi connectivity index (χ0v) is 18.5. The van der Waals surface area contributed by atoms with Crippen LogP contribution in [0.2, 0.25) is 0 Å². The van der Waals surface area contributed by atoms with Crippen molar-refractivity contribution < 1.29 is 9.90 Å². The lowest BCUT2D eigenvalue weighted by atomic mass is 9.93. The Morgan fingerprint density at radius 2 is 2.06 bits per heavy atom. The quantitative estimate of drug-likeness (QED) is 0.556. The minimum absolute atomic E-state index is 0.361. The first kappa shape index (κ1) is 21.8. The lowest BCUT2D eigenvalue weighted by molar-refractivity contribution is 0.137. The average Bonchev–Trinajstić information content (AvgIpc) is 3.35. The number of carboxylic acid groups (broad SMARTS) is 1. The van der Waals surface area contributed by atoms with E-state index in [0.717, 1.165) is 54.3 Å². The van der Waals surface area contributed by atoms with E-state index in [2.05, 4.69) is 20.9 Å². The van der Waals surface area contributed by atoms with Crippen LogP contribution in [0.15, 0.2) is 54.2 Å². The van der Waals surface area contributed by atoms with Crippen molar-refractivity contribution in [3.63, 3.8) is 0 Å². The summed E-state index contributed by atoms with van der Waals surface area (Å²) in [6.45, 7) is 2.73. The minimum Gasteiger partial charge on any atom is -0.465 e. The lowest BCUT2D eigenvalue weighted by Crippen LogP contribution is -2.36. The van der Waals surface area contributed by atoms with Crippen molar-refractivity contribution in [1.82, 2.24) is 14.9 Å². The van der Waals surface area contributed by atoms with Crippen molar-refractivity contribution in [1.29, 1.82) is 5.26 Å². The van der Waals surface area contributed by atoms with Crippen LogP contribution in [-0.4, -0.2) is 45.7 Å². The molecule has 0 saturated carbocycles. The number of thiazole rings is 1. The van der Waals surface area contributed by atoms with Gasteiger partial charge in [0.05, 0.1) is 18.2 Å². The van der Waals surface area contributed by atoms with Gasteiger partial charge < -0.3 is 14.9 Å². The largest absolute Gasteiger partial charge is 0.465 e. The zero-order valence-electron chi connectivity index (χ0n) is 17.7. The van der Waals surface area contributed by atoms with Crippen LogP contribution >= 0.6 is 11.3 Å². The van der Waals surface area contributed by atoms with Crippen LogP contribution in [0.1, 0.15) is 29.8 Å². The molecule has 1 saturated heterocycles. The normalized spacial score (nSPS) is 14.2. The van der Waals surface area contributed by atoms with E-state index in [4.69, 9.17) is 5.26 Å². The first-order valence-corrected chi connectivity index (χ1v) is 11.6. The number of hydrogen-bond acceptors (Lipinski definition) is 6. The van der Waals surface area contributed by atoms with Crippen LogP contribution < -0.4 is 4.90 Å². The topological polar surface area (TPSA) is 93.4 Å². The molecule has 3 aromatic rings. The molecule has 8 heteroatoms. The summed E-state index contributed by atoms with van der Waals surface area (Å²) in [7, 11) is 0. The maximum Gasteiger partial charge on any atom is 0.407 e. The number of anilines is 1. The Labute approximate surface area is 191 Å². The summed E-state index contributed by atoms with van der Waals surface area (Å²) in [4.78, 5) is 24.2. The van der Waals surface area contributed by atoms with Crippen molar-refractivity contribution >= 4 is 23.2 Å². The minimum atomic E-state index is -0.887. The van der Waals surface area contributed by atoms with E-state index < -0.39 is 6.09 Å². The van der Waals surface area contributed by atoms with Crippen molar-refractivity contribution in [2.75, 3.05) is 24.5 Å². The number of aromatic nitrogens is 2. The Bertz CT molecular complexity index is 1070. The molecule has 1 aromatic carbocycles. The van der Waals surface area contributed by atoms with E-state index in [1.54, 1.807) is 12.3 Å². The molecule has 0 radical (unpaired) electrons. The van der Waals surface area contributed by atoms with Gasteiger partial charge in [-0.05, 0) is 55.0 Å². The SMILES string of the molecule is N#Cc1cccc(-c2ccc(N3CCC(CCN(Cc4nccs4)C(=O)O)CC3)nc2)c1. The first-order valence-electron chi connectivity index (χ1n) is 10.7. The third-order valence-corrected chi connectivity index (χ3v) is 6.66. The van der Waals surface area contributed by atoms with E-state index in [1.165, 1.54) is 16.2 Å². The average molecular weight is 448 g/mol. The van der Waals surface area contributed by atoms with E-state index >= 15 is 0 Å². The van der Waals surface area contributed by atoms with Crippen LogP contribution in [0.3, 0.4) is 0 Å². The number of nitrogens with zero attached hydrogens (tertiary/aromatic N) is 5. The fraction of sp³-hybridized carbons (Fsp3) is 0.333. The molecule has 1 amide bonds. The predicted molar refractivity (Wildman–Crippen MR) is 124 cm³/mol. The highest BCUT2D eigenvalue weighted by Crippen LogP contribution is 2.27. The highest BCUT2D eigenvalue weighted by molar-refractivity contribution is 7.09. The Morgan fingerprint density at radius 1 is 1.22 bits per heavy atom. The zero-order chi connectivity index (χ0) is 22.3. The molecular formula is C24H25N5O2S. The van der Waals surface area contributed by atoms with Gasteiger partial charge in [0.15, 0.2) is 0 Å². The number of amides is 1. The Morgan fingerprint density at radius 3 is 2.72 bits per heavy atom. The molecule has 1 aliphatic heterocycles. The fourth-order valence-electron chi connectivity index (χ4n) is 4.04. The Hall–Kier alpha value is -3.44. The molecule has 7 nitrogen and oxygen atoms in total. The standard InChI is InChI=1S/C24H25N5O2S/c25-15-19-2-1-3-20(14-19)21-4-5-22(27-16-21)28-10-6-18(7-11-28)8-12-29(24(30)31)17-23-26-9-13-32-23/h1-5,9,13-14,16,18H,6-8,10-12,17H2,(H,30,31). The molecule has 3 heterocycles. The van der Waals surface area contributed by atoms with Gasteiger partial charge in [0, 0.05) is 43.0 Å². The maximum absolute atomic E-state index is 11.6. The molecular weight excluding hydrogens is 422 g/mol. The molecule has 32 heavy (non-hydrogen) atoms. The number of rotatable bonds is 7. The number of benzene rings is 1. The second kappa shape index (κ2) is 10.2. The summed E-state index contributed by atoms with van der Waals surface area (Å²) >= 11 is 1.49. The molecule has 0 atom stereocenters. The molecule has 0 aliphatic carbocycles. The molecule has 1 N–H and O–H groups in total. The van der Waals surface area contributed by atoms with Gasteiger partial charge in [0.2, 0.25) is 0 Å². The summed E-state index contributed by atoms with van der Waals surface area (Å²) < 4.78 is 0. The van der Waals surface area contributed by atoms with Crippen molar-refractivity contribution in [2.24, 2.45) is 5.92 Å². The molecule has 1 fully saturated rings. The molecule has 0 unspecified atom stereocenters. The van der Waals surface area contributed by atoms with Crippen LogP contribution in [0.4, 0.5) is 10.6 Å². The second-order valence-corrected chi connectivity index (χ2v) is 8.93. The van der Waals surface area contributed by atoms with Gasteiger partial charge in [-0.2, -0.15) is 5.26 Å². The molecule has 0 bridgehead atoms. The third kappa shape index (κ3) is 5.42. The fourth-order valence-corrected chi connectivity index (χ4v) is 4.67. The molecule has 2 aromatic heterocycles. The maximum atomic E-state index is 11.6. The van der Waals surface area contributed by atoms with E-state index in [0.29, 0.717) is 24.6 Å². The molecule has 0 spiro atoms. The smallest absolute Gasteiger partial charge is 0.407 e. The third-order valence-electron chi connectivity index (χ3n) is 5.90. The lowest BCUT2D eigenvalue weighted by Gasteiger charge is -2.33. The number of piperidine rings is 1. The van der Waals surface area contributed by atoms with Gasteiger partial charge in [0.1, 0.15) is 10.8 Å².